The van der Waals surface area contributed by atoms with E-state index in [0.717, 1.165) is 31.3 Å². The van der Waals surface area contributed by atoms with Gasteiger partial charge in [0.25, 0.3) is 5.91 Å². The molecule has 2 bridgehead atoms. The molecule has 116 valence electrons. The second kappa shape index (κ2) is 4.78. The van der Waals surface area contributed by atoms with Crippen LogP contribution in [-0.4, -0.2) is 49.2 Å². The van der Waals surface area contributed by atoms with Gasteiger partial charge in [-0.3, -0.25) is 4.79 Å². The molecule has 2 aliphatic heterocycles. The van der Waals surface area contributed by atoms with Crippen LogP contribution < -0.4 is 0 Å². The van der Waals surface area contributed by atoms with Gasteiger partial charge in [0.1, 0.15) is 6.33 Å². The van der Waals surface area contributed by atoms with Crippen LogP contribution in [-0.2, 0) is 0 Å². The maximum Gasteiger partial charge on any atom is 0.255 e. The van der Waals surface area contributed by atoms with E-state index in [4.69, 9.17) is 0 Å². The van der Waals surface area contributed by atoms with Gasteiger partial charge in [-0.2, -0.15) is 5.10 Å². The Morgan fingerprint density at radius 3 is 3.05 bits per heavy atom. The van der Waals surface area contributed by atoms with Crippen molar-refractivity contribution in [1.29, 1.82) is 0 Å². The van der Waals surface area contributed by atoms with E-state index in [1.54, 1.807) is 10.7 Å². The molecule has 0 saturated carbocycles. The average Bonchev–Trinajstić information content (AvgIpc) is 3.26. The number of hydrogen-bond acceptors (Lipinski definition) is 4. The Morgan fingerprint density at radius 1 is 1.45 bits per heavy atom. The zero-order valence-corrected chi connectivity index (χ0v) is 12.6. The highest BCUT2D eigenvalue weighted by Gasteiger charge is 2.56. The summed E-state index contributed by atoms with van der Waals surface area (Å²) in [6.45, 7) is 2.28. The van der Waals surface area contributed by atoms with Crippen LogP contribution in [0.25, 0.3) is 5.65 Å². The van der Waals surface area contributed by atoms with Gasteiger partial charge in [0, 0.05) is 23.7 Å². The summed E-state index contributed by atoms with van der Waals surface area (Å²) in [7, 11) is 0. The SMILES string of the molecule is CC[C@]1(CO)C[C@H]2CC[C@@H]1N2C(=O)c1ccc2ncnn2c1. The Kier molecular flexibility index (Phi) is 2.97. The maximum absolute atomic E-state index is 13.0. The van der Waals surface area contributed by atoms with Crippen LogP contribution in [0.3, 0.4) is 0 Å². The second-order valence-electron chi connectivity index (χ2n) is 6.52. The summed E-state index contributed by atoms with van der Waals surface area (Å²) in [5.74, 6) is 0.0497. The van der Waals surface area contributed by atoms with Gasteiger partial charge in [-0.25, -0.2) is 9.50 Å². The molecule has 2 aromatic rings. The lowest BCUT2D eigenvalue weighted by molar-refractivity contribution is 0.0556. The smallest absolute Gasteiger partial charge is 0.255 e. The van der Waals surface area contributed by atoms with E-state index >= 15 is 0 Å². The maximum atomic E-state index is 13.0. The summed E-state index contributed by atoms with van der Waals surface area (Å²) >= 11 is 0. The predicted molar refractivity (Wildman–Crippen MR) is 80.4 cm³/mol. The van der Waals surface area contributed by atoms with E-state index < -0.39 is 0 Å². The summed E-state index contributed by atoms with van der Waals surface area (Å²) in [5.41, 5.74) is 1.26. The van der Waals surface area contributed by atoms with E-state index in [1.807, 2.05) is 17.0 Å². The topological polar surface area (TPSA) is 70.7 Å². The van der Waals surface area contributed by atoms with Gasteiger partial charge >= 0.3 is 0 Å². The molecule has 4 rings (SSSR count). The van der Waals surface area contributed by atoms with Crippen molar-refractivity contribution in [1.82, 2.24) is 19.5 Å². The van der Waals surface area contributed by atoms with Gasteiger partial charge in [0.05, 0.1) is 12.2 Å². The first kappa shape index (κ1) is 13.7. The normalized spacial score (nSPS) is 30.4. The lowest BCUT2D eigenvalue weighted by Crippen LogP contribution is -2.42. The summed E-state index contributed by atoms with van der Waals surface area (Å²) < 4.78 is 1.63. The number of rotatable bonds is 3. The lowest BCUT2D eigenvalue weighted by Gasteiger charge is -2.34. The summed E-state index contributed by atoms with van der Waals surface area (Å²) in [4.78, 5) is 19.1. The quantitative estimate of drug-likeness (QED) is 0.932. The van der Waals surface area contributed by atoms with Crippen LogP contribution in [0.4, 0.5) is 0 Å². The number of carbonyl (C=O) groups is 1. The van der Waals surface area contributed by atoms with Gasteiger partial charge in [-0.1, -0.05) is 6.92 Å². The van der Waals surface area contributed by atoms with E-state index in [9.17, 15) is 9.90 Å². The molecule has 3 atom stereocenters. The van der Waals surface area contributed by atoms with Gasteiger partial charge < -0.3 is 10.0 Å². The highest BCUT2D eigenvalue weighted by molar-refractivity contribution is 5.95. The second-order valence-corrected chi connectivity index (χ2v) is 6.52. The zero-order chi connectivity index (χ0) is 15.3. The standard InChI is InChI=1S/C16H20N4O2/c1-2-16(9-21)7-12-4-5-13(16)20(12)15(22)11-3-6-14-17-10-18-19(14)8-11/h3,6,8,10,12-13,21H,2,4-5,7,9H2,1H3/t12-,13+,16-/m1/s1. The molecule has 4 heterocycles. The number of aliphatic hydroxyl groups excluding tert-OH is 1. The number of amides is 1. The Labute approximate surface area is 128 Å². The van der Waals surface area contributed by atoms with Crippen molar-refractivity contribution in [3.8, 4) is 0 Å². The molecule has 6 nitrogen and oxygen atoms in total. The zero-order valence-electron chi connectivity index (χ0n) is 12.6. The van der Waals surface area contributed by atoms with E-state index in [1.165, 1.54) is 6.33 Å². The molecule has 0 radical (unpaired) electrons. The van der Waals surface area contributed by atoms with Crippen molar-refractivity contribution in [3.05, 3.63) is 30.2 Å². The van der Waals surface area contributed by atoms with Crippen LogP contribution in [0.15, 0.2) is 24.7 Å². The molecular formula is C16H20N4O2. The third-order valence-electron chi connectivity index (χ3n) is 5.63. The van der Waals surface area contributed by atoms with Crippen molar-refractivity contribution >= 4 is 11.6 Å². The highest BCUT2D eigenvalue weighted by Crippen LogP contribution is 2.51. The third kappa shape index (κ3) is 1.73. The molecule has 2 saturated heterocycles. The van der Waals surface area contributed by atoms with Gasteiger partial charge in [0.15, 0.2) is 5.65 Å². The van der Waals surface area contributed by atoms with E-state index in [2.05, 4.69) is 17.0 Å². The van der Waals surface area contributed by atoms with Crippen molar-refractivity contribution < 1.29 is 9.90 Å². The van der Waals surface area contributed by atoms with E-state index in [0.29, 0.717) is 5.56 Å². The minimum Gasteiger partial charge on any atom is -0.396 e. The van der Waals surface area contributed by atoms with E-state index in [-0.39, 0.29) is 30.0 Å². The first-order valence-electron chi connectivity index (χ1n) is 7.91. The van der Waals surface area contributed by atoms with Crippen molar-refractivity contribution in [2.24, 2.45) is 5.41 Å². The molecule has 1 N–H and O–H groups in total. The number of fused-ring (bicyclic) bond motifs is 3. The third-order valence-corrected chi connectivity index (χ3v) is 5.63. The summed E-state index contributed by atoms with van der Waals surface area (Å²) in [6.07, 6.45) is 7.10. The molecule has 2 aliphatic rings. The number of hydrogen-bond donors (Lipinski definition) is 1. The minimum atomic E-state index is -0.115. The number of aliphatic hydroxyl groups is 1. The fourth-order valence-electron chi connectivity index (χ4n) is 4.35. The molecule has 0 aliphatic carbocycles. The Morgan fingerprint density at radius 2 is 2.32 bits per heavy atom. The number of pyridine rings is 1. The van der Waals surface area contributed by atoms with Crippen LogP contribution in [0, 0.1) is 5.41 Å². The molecule has 2 fully saturated rings. The minimum absolute atomic E-state index is 0.0497. The molecule has 6 heteroatoms. The Balaban J connectivity index is 1.68. The fraction of sp³-hybridized carbons (Fsp3) is 0.562. The average molecular weight is 300 g/mol. The first-order chi connectivity index (χ1) is 10.7. The largest absolute Gasteiger partial charge is 0.396 e. The first-order valence-corrected chi connectivity index (χ1v) is 7.91. The number of carbonyl (C=O) groups excluding carboxylic acids is 1. The summed E-state index contributed by atoms with van der Waals surface area (Å²) in [6, 6.07) is 4.05. The fourth-order valence-corrected chi connectivity index (χ4v) is 4.35. The van der Waals surface area contributed by atoms with Crippen molar-refractivity contribution in [2.45, 2.75) is 44.7 Å². The highest BCUT2D eigenvalue weighted by atomic mass is 16.3. The molecule has 2 aromatic heterocycles. The monoisotopic (exact) mass is 300 g/mol. The Hall–Kier alpha value is -1.95. The van der Waals surface area contributed by atoms with Crippen molar-refractivity contribution in [3.63, 3.8) is 0 Å². The van der Waals surface area contributed by atoms with Crippen molar-refractivity contribution in [2.75, 3.05) is 6.61 Å². The number of aromatic nitrogens is 3. The van der Waals surface area contributed by atoms with Crippen LogP contribution in [0.2, 0.25) is 0 Å². The van der Waals surface area contributed by atoms with Crippen LogP contribution in [0.1, 0.15) is 43.0 Å². The van der Waals surface area contributed by atoms with Crippen LogP contribution in [0.5, 0.6) is 0 Å². The predicted octanol–water partition coefficient (Wildman–Crippen LogP) is 1.49. The lowest BCUT2D eigenvalue weighted by atomic mass is 9.72. The van der Waals surface area contributed by atoms with Crippen LogP contribution >= 0.6 is 0 Å². The molecule has 22 heavy (non-hydrogen) atoms. The molecule has 0 spiro atoms. The number of nitrogens with zero attached hydrogens (tertiary/aromatic N) is 4. The van der Waals surface area contributed by atoms with Gasteiger partial charge in [-0.15, -0.1) is 0 Å². The van der Waals surface area contributed by atoms with Gasteiger partial charge in [-0.05, 0) is 37.8 Å². The molecule has 0 unspecified atom stereocenters. The summed E-state index contributed by atoms with van der Waals surface area (Å²) in [5, 5.41) is 14.0. The molecule has 1 amide bonds. The van der Waals surface area contributed by atoms with Gasteiger partial charge in [0.2, 0.25) is 0 Å². The molecular weight excluding hydrogens is 280 g/mol. The molecule has 0 aromatic carbocycles. The Bertz CT molecular complexity index is 722.